The van der Waals surface area contributed by atoms with E-state index in [1.54, 1.807) is 31.2 Å². The molecule has 2 amide bonds. The number of ether oxygens (including phenoxy) is 1. The molecule has 2 N–H and O–H groups in total. The van der Waals surface area contributed by atoms with E-state index >= 15 is 0 Å². The normalized spacial score (nSPS) is 11.5. The zero-order valence-electron chi connectivity index (χ0n) is 13.8. The van der Waals surface area contributed by atoms with Crippen molar-refractivity contribution in [3.63, 3.8) is 0 Å². The lowest BCUT2D eigenvalue weighted by Crippen LogP contribution is -2.47. The van der Waals surface area contributed by atoms with Crippen molar-refractivity contribution in [2.75, 3.05) is 0 Å². The maximum atomic E-state index is 12.0. The van der Waals surface area contributed by atoms with Gasteiger partial charge < -0.3 is 4.74 Å². The van der Waals surface area contributed by atoms with Gasteiger partial charge in [-0.25, -0.2) is 0 Å². The van der Waals surface area contributed by atoms with Crippen molar-refractivity contribution in [1.29, 1.82) is 0 Å². The molecule has 0 aliphatic rings. The Bertz CT molecular complexity index is 763. The van der Waals surface area contributed by atoms with Gasteiger partial charge in [0.1, 0.15) is 5.75 Å². The summed E-state index contributed by atoms with van der Waals surface area (Å²) in [6, 6.07) is 11.8. The number of hydrazine groups is 1. The Hall–Kier alpha value is -2.24. The second kappa shape index (κ2) is 8.74. The van der Waals surface area contributed by atoms with Crippen LogP contribution in [0.25, 0.3) is 0 Å². The quantitative estimate of drug-likeness (QED) is 0.775. The average Bonchev–Trinajstić information content (AvgIpc) is 2.61. The van der Waals surface area contributed by atoms with Crippen molar-refractivity contribution >= 4 is 35.0 Å². The maximum absolute atomic E-state index is 12.0. The van der Waals surface area contributed by atoms with Gasteiger partial charge in [-0.3, -0.25) is 20.4 Å². The lowest BCUT2D eigenvalue weighted by atomic mass is 10.1. The molecule has 0 fully saturated rings. The predicted octanol–water partition coefficient (Wildman–Crippen LogP) is 3.78. The van der Waals surface area contributed by atoms with Crippen LogP contribution in [0.3, 0.4) is 0 Å². The van der Waals surface area contributed by atoms with Gasteiger partial charge in [-0.15, -0.1) is 0 Å². The molecule has 0 bridgehead atoms. The van der Waals surface area contributed by atoms with Crippen LogP contribution in [0.5, 0.6) is 5.75 Å². The zero-order chi connectivity index (χ0) is 18.4. The third-order valence-corrected chi connectivity index (χ3v) is 4.02. The molecule has 5 nitrogen and oxygen atoms in total. The van der Waals surface area contributed by atoms with Crippen LogP contribution in [0.4, 0.5) is 0 Å². The molecule has 0 aliphatic carbocycles. The predicted molar refractivity (Wildman–Crippen MR) is 98.0 cm³/mol. The van der Waals surface area contributed by atoms with Crippen LogP contribution < -0.4 is 15.6 Å². The van der Waals surface area contributed by atoms with Gasteiger partial charge >= 0.3 is 0 Å². The SMILES string of the molecule is CCc1ccc(C(=O)NNC(=O)C(C)Oc2ccc(Cl)cc2Cl)cc1. The number of benzene rings is 2. The molecule has 1 atom stereocenters. The lowest BCUT2D eigenvalue weighted by Gasteiger charge is -2.16. The summed E-state index contributed by atoms with van der Waals surface area (Å²) in [7, 11) is 0. The van der Waals surface area contributed by atoms with E-state index in [2.05, 4.69) is 10.9 Å². The van der Waals surface area contributed by atoms with E-state index in [-0.39, 0.29) is 0 Å². The van der Waals surface area contributed by atoms with E-state index in [4.69, 9.17) is 27.9 Å². The fourth-order valence-electron chi connectivity index (χ4n) is 2.00. The highest BCUT2D eigenvalue weighted by atomic mass is 35.5. The average molecular weight is 381 g/mol. The summed E-state index contributed by atoms with van der Waals surface area (Å²) in [6.07, 6.45) is 0.0299. The van der Waals surface area contributed by atoms with Gasteiger partial charge in [0.25, 0.3) is 11.8 Å². The smallest absolute Gasteiger partial charge is 0.279 e. The van der Waals surface area contributed by atoms with Crippen LogP contribution in [0, 0.1) is 0 Å². The van der Waals surface area contributed by atoms with Crippen LogP contribution in [-0.4, -0.2) is 17.9 Å². The third-order valence-electron chi connectivity index (χ3n) is 3.49. The Morgan fingerprint density at radius 1 is 1.08 bits per heavy atom. The van der Waals surface area contributed by atoms with Crippen molar-refractivity contribution in [3.05, 3.63) is 63.6 Å². The highest BCUT2D eigenvalue weighted by Gasteiger charge is 2.17. The molecule has 2 aromatic rings. The second-order valence-electron chi connectivity index (χ2n) is 5.33. The molecule has 0 heterocycles. The standard InChI is InChI=1S/C18H18Cl2N2O3/c1-3-12-4-6-13(7-5-12)18(24)22-21-17(23)11(2)25-16-9-8-14(19)10-15(16)20/h4-11H,3H2,1-2H3,(H,21,23)(H,22,24). The number of halogens is 2. The fourth-order valence-corrected chi connectivity index (χ4v) is 2.45. The molecule has 0 aliphatic heterocycles. The Labute approximate surface area is 156 Å². The molecule has 0 radical (unpaired) electrons. The monoisotopic (exact) mass is 380 g/mol. The Balaban J connectivity index is 1.88. The second-order valence-corrected chi connectivity index (χ2v) is 6.17. The maximum Gasteiger partial charge on any atom is 0.279 e. The molecular formula is C18H18Cl2N2O3. The van der Waals surface area contributed by atoms with Gasteiger partial charge in [0.2, 0.25) is 0 Å². The minimum Gasteiger partial charge on any atom is -0.479 e. The molecule has 2 aromatic carbocycles. The summed E-state index contributed by atoms with van der Waals surface area (Å²) < 4.78 is 5.48. The van der Waals surface area contributed by atoms with E-state index in [9.17, 15) is 9.59 Å². The van der Waals surface area contributed by atoms with Crippen LogP contribution in [0.15, 0.2) is 42.5 Å². The molecule has 0 saturated heterocycles. The zero-order valence-corrected chi connectivity index (χ0v) is 15.3. The topological polar surface area (TPSA) is 67.4 Å². The number of nitrogens with one attached hydrogen (secondary N) is 2. The number of aryl methyl sites for hydroxylation is 1. The summed E-state index contributed by atoms with van der Waals surface area (Å²) in [5.74, 6) is -0.590. The number of hydrogen-bond acceptors (Lipinski definition) is 3. The number of carbonyl (C=O) groups is 2. The van der Waals surface area contributed by atoms with E-state index in [0.29, 0.717) is 21.4 Å². The van der Waals surface area contributed by atoms with Gasteiger partial charge in [-0.1, -0.05) is 42.3 Å². The van der Waals surface area contributed by atoms with Gasteiger partial charge in [0.05, 0.1) is 5.02 Å². The van der Waals surface area contributed by atoms with Crippen LogP contribution in [-0.2, 0) is 11.2 Å². The summed E-state index contributed by atoms with van der Waals surface area (Å²) in [4.78, 5) is 24.1. The van der Waals surface area contributed by atoms with E-state index in [0.717, 1.165) is 12.0 Å². The van der Waals surface area contributed by atoms with Crippen LogP contribution >= 0.6 is 23.2 Å². The molecule has 25 heavy (non-hydrogen) atoms. The van der Waals surface area contributed by atoms with Gasteiger partial charge in [0, 0.05) is 10.6 Å². The summed E-state index contributed by atoms with van der Waals surface area (Å²) >= 11 is 11.8. The summed E-state index contributed by atoms with van der Waals surface area (Å²) in [6.45, 7) is 3.58. The lowest BCUT2D eigenvalue weighted by molar-refractivity contribution is -0.128. The van der Waals surface area contributed by atoms with Gasteiger partial charge in [0.15, 0.2) is 6.10 Å². The first-order valence-electron chi connectivity index (χ1n) is 7.71. The highest BCUT2D eigenvalue weighted by molar-refractivity contribution is 6.35. The Morgan fingerprint density at radius 2 is 1.76 bits per heavy atom. The molecule has 7 heteroatoms. The Morgan fingerprint density at radius 3 is 2.36 bits per heavy atom. The molecule has 0 aromatic heterocycles. The Kier molecular flexibility index (Phi) is 6.67. The van der Waals surface area contributed by atoms with Crippen molar-refractivity contribution in [2.45, 2.75) is 26.4 Å². The molecule has 2 rings (SSSR count). The molecule has 0 saturated carbocycles. The minimum absolute atomic E-state index is 0.298. The first-order chi connectivity index (χ1) is 11.9. The molecular weight excluding hydrogens is 363 g/mol. The van der Waals surface area contributed by atoms with E-state index in [1.807, 2.05) is 19.1 Å². The first kappa shape index (κ1) is 19.1. The van der Waals surface area contributed by atoms with Crippen molar-refractivity contribution < 1.29 is 14.3 Å². The first-order valence-corrected chi connectivity index (χ1v) is 8.47. The minimum atomic E-state index is -0.860. The van der Waals surface area contributed by atoms with Gasteiger partial charge in [-0.2, -0.15) is 0 Å². The number of amides is 2. The van der Waals surface area contributed by atoms with Crippen LogP contribution in [0.1, 0.15) is 29.8 Å². The van der Waals surface area contributed by atoms with E-state index in [1.165, 1.54) is 6.07 Å². The van der Waals surface area contributed by atoms with Crippen molar-refractivity contribution in [1.82, 2.24) is 10.9 Å². The van der Waals surface area contributed by atoms with Gasteiger partial charge in [-0.05, 0) is 49.2 Å². The molecule has 0 spiro atoms. The highest BCUT2D eigenvalue weighted by Crippen LogP contribution is 2.28. The van der Waals surface area contributed by atoms with E-state index < -0.39 is 17.9 Å². The van der Waals surface area contributed by atoms with Crippen molar-refractivity contribution in [2.24, 2.45) is 0 Å². The third kappa shape index (κ3) is 5.37. The number of rotatable bonds is 5. The number of hydrogen-bond donors (Lipinski definition) is 2. The molecule has 1 unspecified atom stereocenters. The largest absolute Gasteiger partial charge is 0.479 e. The number of carbonyl (C=O) groups excluding carboxylic acids is 2. The van der Waals surface area contributed by atoms with Crippen LogP contribution in [0.2, 0.25) is 10.0 Å². The summed E-state index contributed by atoms with van der Waals surface area (Å²) in [5, 5.41) is 0.767. The van der Waals surface area contributed by atoms with Crippen molar-refractivity contribution in [3.8, 4) is 5.75 Å². The fraction of sp³-hybridized carbons (Fsp3) is 0.222. The summed E-state index contributed by atoms with van der Waals surface area (Å²) in [5.41, 5.74) is 6.26. The molecule has 132 valence electrons.